The van der Waals surface area contributed by atoms with Gasteiger partial charge in [0.25, 0.3) is 0 Å². The van der Waals surface area contributed by atoms with Crippen LogP contribution in [0.1, 0.15) is 38.8 Å². The van der Waals surface area contributed by atoms with E-state index in [1.165, 1.54) is 5.56 Å². The Balaban J connectivity index is 2.98. The Morgan fingerprint density at radius 2 is 2.06 bits per heavy atom. The van der Waals surface area contributed by atoms with Crippen LogP contribution in [-0.2, 0) is 0 Å². The maximum absolute atomic E-state index is 5.98. The lowest BCUT2D eigenvalue weighted by Gasteiger charge is -2.34. The number of nitrogens with two attached hydrogens (primary N) is 1. The minimum atomic E-state index is 0.264. The molecule has 0 aliphatic carbocycles. The second kappa shape index (κ2) is 7.39. The van der Waals surface area contributed by atoms with E-state index in [-0.39, 0.29) is 6.04 Å². The first-order valence-corrected chi connectivity index (χ1v) is 6.73. The van der Waals surface area contributed by atoms with Gasteiger partial charge in [0.2, 0.25) is 0 Å². The van der Waals surface area contributed by atoms with E-state index in [4.69, 9.17) is 10.5 Å². The molecular weight excluding hydrogens is 224 g/mol. The number of hydrogen-bond acceptors (Lipinski definition) is 3. The molecule has 18 heavy (non-hydrogen) atoms. The molecule has 0 spiro atoms. The van der Waals surface area contributed by atoms with Crippen LogP contribution < -0.4 is 10.5 Å². The Morgan fingerprint density at radius 1 is 1.33 bits per heavy atom. The molecule has 0 saturated carbocycles. The van der Waals surface area contributed by atoms with Crippen molar-refractivity contribution in [1.82, 2.24) is 4.90 Å². The SMILES string of the molecule is CCCN(C(C)C)C(CN)c1cccc(OC)c1. The summed E-state index contributed by atoms with van der Waals surface area (Å²) in [4.78, 5) is 2.45. The lowest BCUT2D eigenvalue weighted by molar-refractivity contribution is 0.157. The first-order valence-electron chi connectivity index (χ1n) is 6.73. The molecule has 0 amide bonds. The van der Waals surface area contributed by atoms with E-state index in [9.17, 15) is 0 Å². The second-order valence-electron chi connectivity index (χ2n) is 4.86. The maximum atomic E-state index is 5.98. The van der Waals surface area contributed by atoms with Gasteiger partial charge in [-0.1, -0.05) is 19.1 Å². The van der Waals surface area contributed by atoms with Gasteiger partial charge in [0.15, 0.2) is 0 Å². The minimum absolute atomic E-state index is 0.264. The Hall–Kier alpha value is -1.06. The summed E-state index contributed by atoms with van der Waals surface area (Å²) in [5, 5.41) is 0. The molecule has 1 aromatic carbocycles. The van der Waals surface area contributed by atoms with Gasteiger partial charge in [-0.3, -0.25) is 4.90 Å². The Labute approximate surface area is 111 Å². The Bertz CT molecular complexity index is 352. The summed E-state index contributed by atoms with van der Waals surface area (Å²) >= 11 is 0. The van der Waals surface area contributed by atoms with E-state index in [2.05, 4.69) is 37.8 Å². The van der Waals surface area contributed by atoms with Crippen molar-refractivity contribution in [3.05, 3.63) is 29.8 Å². The molecule has 0 aromatic heterocycles. The van der Waals surface area contributed by atoms with Crippen LogP contribution in [0.5, 0.6) is 5.75 Å². The third kappa shape index (κ3) is 3.72. The molecule has 0 fully saturated rings. The van der Waals surface area contributed by atoms with Gasteiger partial charge < -0.3 is 10.5 Å². The molecule has 0 radical (unpaired) electrons. The van der Waals surface area contributed by atoms with E-state index < -0.39 is 0 Å². The maximum Gasteiger partial charge on any atom is 0.119 e. The van der Waals surface area contributed by atoms with Crippen LogP contribution >= 0.6 is 0 Å². The minimum Gasteiger partial charge on any atom is -0.497 e. The lowest BCUT2D eigenvalue weighted by Crippen LogP contribution is -2.39. The van der Waals surface area contributed by atoms with E-state index in [1.807, 2.05) is 12.1 Å². The number of hydrogen-bond donors (Lipinski definition) is 1. The van der Waals surface area contributed by atoms with Crippen LogP contribution in [0.3, 0.4) is 0 Å². The van der Waals surface area contributed by atoms with Gasteiger partial charge in [0.1, 0.15) is 5.75 Å². The Kier molecular flexibility index (Phi) is 6.16. The van der Waals surface area contributed by atoms with Crippen molar-refractivity contribution in [3.8, 4) is 5.75 Å². The summed E-state index contributed by atoms with van der Waals surface area (Å²) in [6.07, 6.45) is 1.14. The van der Waals surface area contributed by atoms with Crippen molar-refractivity contribution in [2.45, 2.75) is 39.3 Å². The monoisotopic (exact) mass is 250 g/mol. The molecule has 2 N–H and O–H groups in total. The van der Waals surface area contributed by atoms with Crippen LogP contribution in [0.4, 0.5) is 0 Å². The number of benzene rings is 1. The average molecular weight is 250 g/mol. The third-order valence-corrected chi connectivity index (χ3v) is 3.25. The zero-order valence-electron chi connectivity index (χ0n) is 12.0. The highest BCUT2D eigenvalue weighted by Crippen LogP contribution is 2.25. The Morgan fingerprint density at radius 3 is 2.56 bits per heavy atom. The van der Waals surface area contributed by atoms with Gasteiger partial charge in [-0.15, -0.1) is 0 Å². The van der Waals surface area contributed by atoms with Crippen molar-refractivity contribution in [1.29, 1.82) is 0 Å². The highest BCUT2D eigenvalue weighted by Gasteiger charge is 2.21. The van der Waals surface area contributed by atoms with E-state index in [0.29, 0.717) is 12.6 Å². The predicted molar refractivity (Wildman–Crippen MR) is 76.9 cm³/mol. The first kappa shape index (κ1) is 15.0. The molecule has 0 saturated heterocycles. The number of rotatable bonds is 7. The highest BCUT2D eigenvalue weighted by atomic mass is 16.5. The summed E-state index contributed by atoms with van der Waals surface area (Å²) in [6, 6.07) is 8.97. The third-order valence-electron chi connectivity index (χ3n) is 3.25. The molecule has 0 aliphatic heterocycles. The van der Waals surface area contributed by atoms with Crippen molar-refractivity contribution in [2.75, 3.05) is 20.2 Å². The largest absolute Gasteiger partial charge is 0.497 e. The zero-order chi connectivity index (χ0) is 13.5. The number of ether oxygens (including phenoxy) is 1. The molecule has 1 unspecified atom stereocenters. The number of nitrogens with zero attached hydrogens (tertiary/aromatic N) is 1. The quantitative estimate of drug-likeness (QED) is 0.808. The highest BCUT2D eigenvalue weighted by molar-refractivity contribution is 5.30. The van der Waals surface area contributed by atoms with Gasteiger partial charge in [-0.2, -0.15) is 0 Å². The molecule has 3 nitrogen and oxygen atoms in total. The summed E-state index contributed by atoms with van der Waals surface area (Å²) in [6.45, 7) is 8.34. The van der Waals surface area contributed by atoms with Gasteiger partial charge in [-0.25, -0.2) is 0 Å². The van der Waals surface area contributed by atoms with Crippen LogP contribution in [0.25, 0.3) is 0 Å². The molecular formula is C15H26N2O. The van der Waals surface area contributed by atoms with Crippen LogP contribution in [-0.4, -0.2) is 31.1 Å². The molecule has 102 valence electrons. The molecule has 1 atom stereocenters. The van der Waals surface area contributed by atoms with Gasteiger partial charge in [0.05, 0.1) is 7.11 Å². The van der Waals surface area contributed by atoms with Gasteiger partial charge in [-0.05, 0) is 44.5 Å². The van der Waals surface area contributed by atoms with Crippen molar-refractivity contribution >= 4 is 0 Å². The molecule has 1 rings (SSSR count). The molecule has 1 aromatic rings. The van der Waals surface area contributed by atoms with E-state index >= 15 is 0 Å². The summed E-state index contributed by atoms with van der Waals surface area (Å²) in [5.41, 5.74) is 7.22. The lowest BCUT2D eigenvalue weighted by atomic mass is 10.0. The molecule has 3 heteroatoms. The van der Waals surface area contributed by atoms with Crippen LogP contribution in [0.15, 0.2) is 24.3 Å². The first-order chi connectivity index (χ1) is 8.63. The van der Waals surface area contributed by atoms with Gasteiger partial charge in [0, 0.05) is 18.6 Å². The molecule has 0 bridgehead atoms. The fourth-order valence-corrected chi connectivity index (χ4v) is 2.34. The van der Waals surface area contributed by atoms with E-state index in [0.717, 1.165) is 18.7 Å². The smallest absolute Gasteiger partial charge is 0.119 e. The van der Waals surface area contributed by atoms with Crippen molar-refractivity contribution in [3.63, 3.8) is 0 Å². The summed E-state index contributed by atoms with van der Waals surface area (Å²) in [5.74, 6) is 0.895. The second-order valence-corrected chi connectivity index (χ2v) is 4.86. The summed E-state index contributed by atoms with van der Waals surface area (Å²) < 4.78 is 5.29. The van der Waals surface area contributed by atoms with Crippen molar-refractivity contribution in [2.24, 2.45) is 5.73 Å². The fourth-order valence-electron chi connectivity index (χ4n) is 2.34. The standard InChI is InChI=1S/C15H26N2O/c1-5-9-17(12(2)3)15(11-16)13-7-6-8-14(10-13)18-4/h6-8,10,12,15H,5,9,11,16H2,1-4H3. The van der Waals surface area contributed by atoms with E-state index in [1.54, 1.807) is 7.11 Å². The topological polar surface area (TPSA) is 38.5 Å². The zero-order valence-corrected chi connectivity index (χ0v) is 12.0. The van der Waals surface area contributed by atoms with Gasteiger partial charge >= 0.3 is 0 Å². The fraction of sp³-hybridized carbons (Fsp3) is 0.600. The normalized spacial score (nSPS) is 13.1. The van der Waals surface area contributed by atoms with Crippen molar-refractivity contribution < 1.29 is 4.74 Å². The molecule has 0 heterocycles. The van der Waals surface area contributed by atoms with Crippen LogP contribution in [0, 0.1) is 0 Å². The van der Waals surface area contributed by atoms with Crippen LogP contribution in [0.2, 0.25) is 0 Å². The predicted octanol–water partition coefficient (Wildman–Crippen LogP) is 2.82. The average Bonchev–Trinajstić information content (AvgIpc) is 2.38. The molecule has 0 aliphatic rings. The summed E-state index contributed by atoms with van der Waals surface area (Å²) in [7, 11) is 1.70. The number of methoxy groups -OCH3 is 1.